The van der Waals surface area contributed by atoms with Crippen LogP contribution in [0.3, 0.4) is 0 Å². The Labute approximate surface area is 177 Å². The van der Waals surface area contributed by atoms with Crippen molar-refractivity contribution in [3.8, 4) is 22.3 Å². The summed E-state index contributed by atoms with van der Waals surface area (Å²) in [6, 6.07) is 23.0. The molecule has 0 saturated carbocycles. The van der Waals surface area contributed by atoms with Crippen molar-refractivity contribution in [2.24, 2.45) is 0 Å². The highest BCUT2D eigenvalue weighted by Crippen LogP contribution is 2.52. The van der Waals surface area contributed by atoms with E-state index in [4.69, 9.17) is 0 Å². The molecular weight excluding hydrogens is 348 g/mol. The lowest BCUT2D eigenvalue weighted by atomic mass is 9.76. The zero-order chi connectivity index (χ0) is 21.2. The largest absolute Gasteiger partial charge is 0.0619 e. The van der Waals surface area contributed by atoms with Crippen molar-refractivity contribution in [2.45, 2.75) is 71.6 Å². The van der Waals surface area contributed by atoms with E-state index in [1.54, 1.807) is 0 Å². The Morgan fingerprint density at radius 2 is 1.10 bits per heavy atom. The Balaban J connectivity index is 2.02. The molecule has 0 radical (unpaired) electrons. The van der Waals surface area contributed by atoms with Gasteiger partial charge in [0.1, 0.15) is 0 Å². The molecule has 0 fully saturated rings. The molecule has 0 unspecified atom stereocenters. The first kappa shape index (κ1) is 20.0. The summed E-state index contributed by atoms with van der Waals surface area (Å²) < 4.78 is 0. The van der Waals surface area contributed by atoms with Gasteiger partial charge in [-0.15, -0.1) is 0 Å². The van der Waals surface area contributed by atoms with Crippen molar-refractivity contribution in [1.29, 1.82) is 0 Å². The highest BCUT2D eigenvalue weighted by molar-refractivity contribution is 5.88. The minimum atomic E-state index is 0.00214. The summed E-state index contributed by atoms with van der Waals surface area (Å²) in [5.41, 5.74) is 11.5. The summed E-state index contributed by atoms with van der Waals surface area (Å²) in [7, 11) is 0. The van der Waals surface area contributed by atoms with Gasteiger partial charge in [0.05, 0.1) is 0 Å². The molecule has 0 spiro atoms. The van der Waals surface area contributed by atoms with Crippen LogP contribution in [0.25, 0.3) is 22.3 Å². The van der Waals surface area contributed by atoms with Crippen molar-refractivity contribution in [1.82, 2.24) is 0 Å². The van der Waals surface area contributed by atoms with Crippen molar-refractivity contribution in [2.75, 3.05) is 0 Å². The van der Waals surface area contributed by atoms with Crippen LogP contribution >= 0.6 is 0 Å². The first-order chi connectivity index (χ1) is 13.4. The molecule has 1 aliphatic carbocycles. The Morgan fingerprint density at radius 1 is 0.586 bits per heavy atom. The SMILES string of the molecule is CC(C)(C)c1cc(-c2cccc3c2C(C)(C)c2ccccc2-3)cc(C(C)(C)C)c1. The molecule has 29 heavy (non-hydrogen) atoms. The highest BCUT2D eigenvalue weighted by atomic mass is 14.4. The molecule has 3 aromatic carbocycles. The summed E-state index contributed by atoms with van der Waals surface area (Å²) in [4.78, 5) is 0. The second-order valence-electron chi connectivity index (χ2n) is 11.2. The van der Waals surface area contributed by atoms with Crippen molar-refractivity contribution in [3.63, 3.8) is 0 Å². The third-order valence-electron chi connectivity index (χ3n) is 6.56. The van der Waals surface area contributed by atoms with Crippen LogP contribution < -0.4 is 0 Å². The molecule has 0 aromatic heterocycles. The topological polar surface area (TPSA) is 0 Å². The molecule has 0 bridgehead atoms. The fraction of sp³-hybridized carbons (Fsp3) is 0.379. The predicted molar refractivity (Wildman–Crippen MR) is 127 cm³/mol. The van der Waals surface area contributed by atoms with Crippen LogP contribution in [-0.2, 0) is 16.2 Å². The van der Waals surface area contributed by atoms with Gasteiger partial charge in [-0.1, -0.05) is 116 Å². The molecule has 150 valence electrons. The lowest BCUT2D eigenvalue weighted by Gasteiger charge is -2.28. The maximum atomic E-state index is 2.42. The van der Waals surface area contributed by atoms with Gasteiger partial charge in [-0.2, -0.15) is 0 Å². The van der Waals surface area contributed by atoms with E-state index in [0.717, 1.165) is 0 Å². The van der Waals surface area contributed by atoms with Gasteiger partial charge in [-0.3, -0.25) is 0 Å². The molecule has 3 aromatic rings. The Hall–Kier alpha value is -2.34. The van der Waals surface area contributed by atoms with Gasteiger partial charge in [-0.05, 0) is 55.3 Å². The normalized spacial score (nSPS) is 15.2. The predicted octanol–water partition coefficient (Wildman–Crippen LogP) is 8.25. The standard InChI is InChI=1S/C29H34/c1-27(2,3)20-16-19(17-21(18-20)28(4,5)6)22-13-11-14-24-23-12-9-10-15-25(23)29(7,8)26(22)24/h9-18H,1-8H3. The molecule has 0 nitrogen and oxygen atoms in total. The molecule has 0 heteroatoms. The average molecular weight is 383 g/mol. The van der Waals surface area contributed by atoms with E-state index in [1.165, 1.54) is 44.5 Å². The maximum Gasteiger partial charge on any atom is 0.0165 e. The van der Waals surface area contributed by atoms with E-state index >= 15 is 0 Å². The monoisotopic (exact) mass is 382 g/mol. The molecular formula is C29H34. The quantitative estimate of drug-likeness (QED) is 0.397. The van der Waals surface area contributed by atoms with Crippen LogP contribution in [0.15, 0.2) is 60.7 Å². The number of hydrogen-bond donors (Lipinski definition) is 0. The molecule has 0 aliphatic heterocycles. The Kier molecular flexibility index (Phi) is 4.35. The second kappa shape index (κ2) is 6.33. The molecule has 4 rings (SSSR count). The van der Waals surface area contributed by atoms with E-state index in [2.05, 4.69) is 116 Å². The van der Waals surface area contributed by atoms with Crippen LogP contribution in [-0.4, -0.2) is 0 Å². The zero-order valence-electron chi connectivity index (χ0n) is 19.3. The molecule has 0 amide bonds. The van der Waals surface area contributed by atoms with Gasteiger partial charge in [-0.25, -0.2) is 0 Å². The summed E-state index contributed by atoms with van der Waals surface area (Å²) in [5.74, 6) is 0. The number of hydrogen-bond acceptors (Lipinski definition) is 0. The van der Waals surface area contributed by atoms with Crippen LogP contribution in [0, 0.1) is 0 Å². The van der Waals surface area contributed by atoms with E-state index in [1.807, 2.05) is 0 Å². The molecule has 1 aliphatic rings. The van der Waals surface area contributed by atoms with E-state index < -0.39 is 0 Å². The van der Waals surface area contributed by atoms with Crippen LogP contribution in [0.1, 0.15) is 77.6 Å². The van der Waals surface area contributed by atoms with Gasteiger partial charge >= 0.3 is 0 Å². The molecule has 0 heterocycles. The fourth-order valence-electron chi connectivity index (χ4n) is 4.74. The van der Waals surface area contributed by atoms with Gasteiger partial charge in [0.2, 0.25) is 0 Å². The Morgan fingerprint density at radius 3 is 1.69 bits per heavy atom. The number of rotatable bonds is 1. The lowest BCUT2D eigenvalue weighted by molar-refractivity contribution is 0.569. The first-order valence-corrected chi connectivity index (χ1v) is 10.8. The van der Waals surface area contributed by atoms with E-state index in [9.17, 15) is 0 Å². The summed E-state index contributed by atoms with van der Waals surface area (Å²) in [6.07, 6.45) is 0. The fourth-order valence-corrected chi connectivity index (χ4v) is 4.74. The maximum absolute atomic E-state index is 2.42. The number of benzene rings is 3. The third-order valence-corrected chi connectivity index (χ3v) is 6.56. The van der Waals surface area contributed by atoms with Gasteiger partial charge < -0.3 is 0 Å². The molecule has 0 N–H and O–H groups in total. The highest BCUT2D eigenvalue weighted by Gasteiger charge is 2.37. The van der Waals surface area contributed by atoms with Crippen LogP contribution in [0.2, 0.25) is 0 Å². The summed E-state index contributed by atoms with van der Waals surface area (Å²) >= 11 is 0. The minimum absolute atomic E-state index is 0.00214. The Bertz CT molecular complexity index is 1050. The zero-order valence-corrected chi connectivity index (χ0v) is 19.3. The van der Waals surface area contributed by atoms with E-state index in [-0.39, 0.29) is 16.2 Å². The van der Waals surface area contributed by atoms with Gasteiger partial charge in [0, 0.05) is 5.41 Å². The molecule has 0 saturated heterocycles. The van der Waals surface area contributed by atoms with Crippen molar-refractivity contribution < 1.29 is 0 Å². The second-order valence-corrected chi connectivity index (χ2v) is 11.2. The van der Waals surface area contributed by atoms with Crippen molar-refractivity contribution >= 4 is 0 Å². The van der Waals surface area contributed by atoms with E-state index in [0.29, 0.717) is 0 Å². The lowest BCUT2D eigenvalue weighted by Crippen LogP contribution is -2.18. The summed E-state index contributed by atoms with van der Waals surface area (Å²) in [6.45, 7) is 18.6. The summed E-state index contributed by atoms with van der Waals surface area (Å²) in [5, 5.41) is 0. The first-order valence-electron chi connectivity index (χ1n) is 10.8. The number of fused-ring (bicyclic) bond motifs is 3. The van der Waals surface area contributed by atoms with Gasteiger partial charge in [0.25, 0.3) is 0 Å². The van der Waals surface area contributed by atoms with Gasteiger partial charge in [0.15, 0.2) is 0 Å². The van der Waals surface area contributed by atoms with Crippen molar-refractivity contribution in [3.05, 3.63) is 82.9 Å². The minimum Gasteiger partial charge on any atom is -0.0619 e. The average Bonchev–Trinajstić information content (AvgIpc) is 2.88. The molecule has 0 atom stereocenters. The smallest absolute Gasteiger partial charge is 0.0165 e. The van der Waals surface area contributed by atoms with Crippen LogP contribution in [0.5, 0.6) is 0 Å². The van der Waals surface area contributed by atoms with Crippen LogP contribution in [0.4, 0.5) is 0 Å². The third kappa shape index (κ3) is 3.23.